The molecule has 194 valence electrons. The minimum Gasteiger partial charge on any atom is -0.491 e. The molecule has 2 unspecified atom stereocenters. The molecule has 1 heterocycles. The molecule has 0 aromatic heterocycles. The maximum atomic E-state index is 5.95. The van der Waals surface area contributed by atoms with Gasteiger partial charge < -0.3 is 19.5 Å². The largest absolute Gasteiger partial charge is 0.491 e. The van der Waals surface area contributed by atoms with Gasteiger partial charge in [-0.1, -0.05) is 44.1 Å². The second kappa shape index (κ2) is 15.6. The van der Waals surface area contributed by atoms with Crippen molar-refractivity contribution < 1.29 is 14.2 Å². The second-order valence-electron chi connectivity index (χ2n) is 9.46. The van der Waals surface area contributed by atoms with Crippen LogP contribution in [0.4, 0.5) is 5.69 Å². The van der Waals surface area contributed by atoms with E-state index in [1.54, 1.807) is 6.20 Å². The van der Waals surface area contributed by atoms with Crippen LogP contribution in [0, 0.1) is 6.92 Å². The van der Waals surface area contributed by atoms with E-state index in [0.717, 1.165) is 73.5 Å². The summed E-state index contributed by atoms with van der Waals surface area (Å²) < 4.78 is 17.5. The predicted octanol–water partition coefficient (Wildman–Crippen LogP) is 7.83. The summed E-state index contributed by atoms with van der Waals surface area (Å²) in [5, 5.41) is 3.63. The van der Waals surface area contributed by atoms with Crippen molar-refractivity contribution in [3.05, 3.63) is 59.0 Å². The molecule has 1 saturated heterocycles. The van der Waals surface area contributed by atoms with Crippen LogP contribution in [0.1, 0.15) is 84.3 Å². The van der Waals surface area contributed by atoms with Gasteiger partial charge in [0.1, 0.15) is 18.1 Å². The first-order valence-electron chi connectivity index (χ1n) is 13.2. The van der Waals surface area contributed by atoms with E-state index in [1.807, 2.05) is 20.1 Å². The van der Waals surface area contributed by atoms with Crippen LogP contribution >= 0.6 is 0 Å². The van der Waals surface area contributed by atoms with E-state index >= 15 is 0 Å². The van der Waals surface area contributed by atoms with Gasteiger partial charge in [0.25, 0.3) is 0 Å². The zero-order valence-electron chi connectivity index (χ0n) is 22.8. The molecule has 0 amide bonds. The van der Waals surface area contributed by atoms with Gasteiger partial charge in [-0.3, -0.25) is 4.99 Å². The summed E-state index contributed by atoms with van der Waals surface area (Å²) in [5.41, 5.74) is 6.71. The van der Waals surface area contributed by atoms with Gasteiger partial charge >= 0.3 is 0 Å². The molecular formula is C30H46N2O3. The minimum atomic E-state index is -0.0118. The Morgan fingerprint density at radius 2 is 2.09 bits per heavy atom. The summed E-state index contributed by atoms with van der Waals surface area (Å²) in [6.45, 7) is 19.1. The van der Waals surface area contributed by atoms with Crippen molar-refractivity contribution >= 4 is 17.5 Å². The number of benzene rings is 1. The van der Waals surface area contributed by atoms with E-state index in [0.29, 0.717) is 6.61 Å². The lowest BCUT2D eigenvalue weighted by atomic mass is 9.91. The molecule has 1 aliphatic heterocycles. The highest BCUT2D eigenvalue weighted by Gasteiger charge is 2.18. The number of ether oxygens (including phenoxy) is 3. The van der Waals surface area contributed by atoms with Crippen molar-refractivity contribution in [2.75, 3.05) is 25.1 Å². The monoisotopic (exact) mass is 482 g/mol. The summed E-state index contributed by atoms with van der Waals surface area (Å²) >= 11 is 0. The van der Waals surface area contributed by atoms with Crippen molar-refractivity contribution in [1.82, 2.24) is 0 Å². The average Bonchev–Trinajstić information content (AvgIpc) is 2.84. The van der Waals surface area contributed by atoms with E-state index in [-0.39, 0.29) is 12.3 Å². The van der Waals surface area contributed by atoms with Crippen LogP contribution in [0.3, 0.4) is 0 Å². The van der Waals surface area contributed by atoms with Crippen molar-refractivity contribution in [3.8, 4) is 0 Å². The number of hydrogen-bond acceptors (Lipinski definition) is 5. The molecule has 1 aromatic carbocycles. The van der Waals surface area contributed by atoms with Crippen LogP contribution in [0.25, 0.3) is 5.57 Å². The summed E-state index contributed by atoms with van der Waals surface area (Å²) in [5.74, 6) is 0.755. The Morgan fingerprint density at radius 3 is 2.77 bits per heavy atom. The molecule has 0 aliphatic carbocycles. The molecule has 0 spiro atoms. The van der Waals surface area contributed by atoms with Gasteiger partial charge in [-0.2, -0.15) is 0 Å². The maximum absolute atomic E-state index is 5.95. The molecule has 35 heavy (non-hydrogen) atoms. The Balaban J connectivity index is 2.15. The third-order valence-electron chi connectivity index (χ3n) is 6.09. The van der Waals surface area contributed by atoms with Gasteiger partial charge in [0.05, 0.1) is 12.8 Å². The van der Waals surface area contributed by atoms with Crippen LogP contribution in [0.5, 0.6) is 0 Å². The minimum absolute atomic E-state index is 0.0118. The van der Waals surface area contributed by atoms with Gasteiger partial charge in [0.2, 0.25) is 0 Å². The molecule has 0 radical (unpaired) electrons. The van der Waals surface area contributed by atoms with Crippen LogP contribution in [0.2, 0.25) is 0 Å². The first-order chi connectivity index (χ1) is 16.8. The summed E-state index contributed by atoms with van der Waals surface area (Å²) in [7, 11) is 0. The quantitative estimate of drug-likeness (QED) is 0.127. The number of unbranched alkanes of at least 4 members (excludes halogenated alkanes) is 1. The number of allylic oxidation sites excluding steroid dienone is 4. The number of rotatable bonds is 14. The molecule has 0 bridgehead atoms. The molecular weight excluding hydrogens is 436 g/mol. The van der Waals surface area contributed by atoms with E-state index in [2.05, 4.69) is 62.8 Å². The molecule has 1 aliphatic rings. The molecule has 5 heteroatoms. The lowest BCUT2D eigenvalue weighted by Gasteiger charge is -2.27. The highest BCUT2D eigenvalue weighted by molar-refractivity contribution is 6.03. The fourth-order valence-corrected chi connectivity index (χ4v) is 4.05. The van der Waals surface area contributed by atoms with Crippen molar-refractivity contribution in [3.63, 3.8) is 0 Å². The fourth-order valence-electron chi connectivity index (χ4n) is 4.05. The van der Waals surface area contributed by atoms with Gasteiger partial charge in [-0.05, 0) is 83.1 Å². The van der Waals surface area contributed by atoms with Crippen LogP contribution < -0.4 is 5.32 Å². The number of nitrogens with zero attached hydrogens (tertiary/aromatic N) is 1. The van der Waals surface area contributed by atoms with Gasteiger partial charge in [-0.15, -0.1) is 0 Å². The van der Waals surface area contributed by atoms with Crippen LogP contribution in [-0.2, 0) is 14.2 Å². The molecule has 2 rings (SSSR count). The van der Waals surface area contributed by atoms with E-state index < -0.39 is 0 Å². The van der Waals surface area contributed by atoms with Gasteiger partial charge in [0, 0.05) is 30.7 Å². The highest BCUT2D eigenvalue weighted by Crippen LogP contribution is 2.34. The second-order valence-corrected chi connectivity index (χ2v) is 9.46. The Labute approximate surface area is 213 Å². The van der Waals surface area contributed by atoms with Gasteiger partial charge in [0.15, 0.2) is 0 Å². The van der Waals surface area contributed by atoms with Crippen molar-refractivity contribution in [2.45, 2.75) is 92.4 Å². The average molecular weight is 483 g/mol. The smallest absolute Gasteiger partial charge is 0.127 e. The third kappa shape index (κ3) is 10.0. The third-order valence-corrected chi connectivity index (χ3v) is 6.09. The number of aliphatic imine (C=N–C) groups is 1. The maximum Gasteiger partial charge on any atom is 0.127 e. The summed E-state index contributed by atoms with van der Waals surface area (Å²) in [4.78, 5) is 4.53. The van der Waals surface area contributed by atoms with Crippen LogP contribution in [-0.4, -0.2) is 38.4 Å². The Bertz CT molecular complexity index is 895. The van der Waals surface area contributed by atoms with E-state index in [4.69, 9.17) is 14.2 Å². The number of aryl methyl sites for hydroxylation is 1. The number of hydrogen-bond donors (Lipinski definition) is 1. The lowest BCUT2D eigenvalue weighted by Crippen LogP contribution is -2.27. The Hall–Kier alpha value is -2.37. The molecule has 0 saturated carbocycles. The van der Waals surface area contributed by atoms with E-state index in [9.17, 15) is 0 Å². The van der Waals surface area contributed by atoms with Crippen molar-refractivity contribution in [1.29, 1.82) is 0 Å². The first kappa shape index (κ1) is 28.9. The normalized spacial score (nSPS) is 18.3. The molecule has 1 N–H and O–H groups in total. The standard InChI is InChI=1S/C30H46N2O3/c1-8-10-16-33-21-26(7)35-25(6)20-31-19-24(5)30(23(4)9-2)27-18-22(3)14-15-28(27)32-29-13-11-12-17-34-29/h14-15,18-20,26,29,32H,5,8-13,16-17,21H2,1-4,6-7H3/b25-20+,30-23?,31-19?. The number of nitrogens with one attached hydrogen (secondary N) is 1. The highest BCUT2D eigenvalue weighted by atomic mass is 16.5. The molecule has 2 atom stereocenters. The van der Waals surface area contributed by atoms with Crippen molar-refractivity contribution in [2.24, 2.45) is 4.99 Å². The summed E-state index contributed by atoms with van der Waals surface area (Å²) in [6, 6.07) is 6.52. The Kier molecular flexibility index (Phi) is 12.9. The van der Waals surface area contributed by atoms with Crippen LogP contribution in [0.15, 0.2) is 52.9 Å². The van der Waals surface area contributed by atoms with Gasteiger partial charge in [-0.25, -0.2) is 0 Å². The zero-order valence-corrected chi connectivity index (χ0v) is 22.8. The predicted molar refractivity (Wildman–Crippen MR) is 149 cm³/mol. The lowest BCUT2D eigenvalue weighted by molar-refractivity contribution is 0.0247. The van der Waals surface area contributed by atoms with E-state index in [1.165, 1.54) is 17.6 Å². The summed E-state index contributed by atoms with van der Waals surface area (Å²) in [6.07, 6.45) is 10.1. The topological polar surface area (TPSA) is 52.1 Å². The first-order valence-corrected chi connectivity index (χ1v) is 13.2. The molecule has 1 fully saturated rings. The molecule has 1 aromatic rings. The number of anilines is 1. The SMILES string of the molecule is C=C(C=N/C=C(\C)OC(C)COCCCC)C(=C(C)CC)c1cc(C)ccc1NC1CCCCO1. The fraction of sp³-hybridized carbons (Fsp3) is 0.567. The molecule has 5 nitrogen and oxygen atoms in total. The zero-order chi connectivity index (χ0) is 25.6. The Morgan fingerprint density at radius 1 is 1.29 bits per heavy atom.